The average molecular weight is 525 g/mol. The van der Waals surface area contributed by atoms with E-state index in [1.165, 1.54) is 11.8 Å². The lowest BCUT2D eigenvalue weighted by Gasteiger charge is -2.23. The van der Waals surface area contributed by atoms with Crippen molar-refractivity contribution >= 4 is 17.2 Å². The van der Waals surface area contributed by atoms with Crippen LogP contribution < -0.4 is 0 Å². The molecule has 1 fully saturated rings. The largest absolute Gasteiger partial charge is 0.445 e. The first-order chi connectivity index (χ1) is 18.5. The molecule has 0 radical (unpaired) electrons. The van der Waals surface area contributed by atoms with E-state index in [4.69, 9.17) is 8.83 Å². The molecule has 7 nitrogen and oxygen atoms in total. The molecule has 0 saturated carbocycles. The molecule has 38 heavy (non-hydrogen) atoms. The Bertz CT molecular complexity index is 1540. The molecule has 2 aromatic carbocycles. The van der Waals surface area contributed by atoms with Gasteiger partial charge >= 0.3 is 0 Å². The van der Waals surface area contributed by atoms with Crippen LogP contribution in [0.5, 0.6) is 0 Å². The number of hydrogen-bond donors (Lipinski definition) is 0. The van der Waals surface area contributed by atoms with E-state index in [0.29, 0.717) is 35.0 Å². The summed E-state index contributed by atoms with van der Waals surface area (Å²) in [6, 6.07) is 15.9. The lowest BCUT2D eigenvalue weighted by atomic mass is 9.99. The molecule has 0 unspecified atom stereocenters. The summed E-state index contributed by atoms with van der Waals surface area (Å²) in [5.41, 5.74) is 4.19. The first-order valence-electron chi connectivity index (χ1n) is 12.8. The van der Waals surface area contributed by atoms with Crippen molar-refractivity contribution in [3.05, 3.63) is 100 Å². The summed E-state index contributed by atoms with van der Waals surface area (Å²) in [4.78, 5) is 29.4. The highest BCUT2D eigenvalue weighted by atomic mass is 32.1. The number of hydrogen-bond acceptors (Lipinski definition) is 7. The third kappa shape index (κ3) is 4.91. The quantitative estimate of drug-likeness (QED) is 0.226. The first kappa shape index (κ1) is 24.3. The number of oxazole rings is 2. The number of likely N-dealkylation sites (tertiary alicyclic amines) is 1. The van der Waals surface area contributed by atoms with Crippen molar-refractivity contribution in [2.24, 2.45) is 0 Å². The fourth-order valence-electron chi connectivity index (χ4n) is 5.04. The van der Waals surface area contributed by atoms with Crippen LogP contribution in [0, 0.1) is 6.92 Å². The predicted molar refractivity (Wildman–Crippen MR) is 146 cm³/mol. The zero-order chi connectivity index (χ0) is 26.1. The molecular weight excluding hydrogens is 496 g/mol. The van der Waals surface area contributed by atoms with Crippen molar-refractivity contribution in [3.63, 3.8) is 0 Å². The van der Waals surface area contributed by atoms with Crippen LogP contribution in [0.15, 0.2) is 81.4 Å². The Kier molecular flexibility index (Phi) is 6.64. The van der Waals surface area contributed by atoms with E-state index in [9.17, 15) is 4.79 Å². The van der Waals surface area contributed by atoms with E-state index in [1.807, 2.05) is 53.6 Å². The molecule has 5 aromatic rings. The Labute approximate surface area is 225 Å². The highest BCUT2D eigenvalue weighted by Crippen LogP contribution is 2.36. The minimum absolute atomic E-state index is 0.0118. The normalized spacial score (nSPS) is 16.2. The van der Waals surface area contributed by atoms with Gasteiger partial charge in [0.05, 0.1) is 18.4 Å². The number of aromatic nitrogens is 3. The van der Waals surface area contributed by atoms with E-state index in [2.05, 4.69) is 34.0 Å². The molecule has 0 aliphatic carbocycles. The Hall–Kier alpha value is -4.04. The number of carbonyl (C=O) groups is 1. The van der Waals surface area contributed by atoms with Gasteiger partial charge in [0, 0.05) is 40.2 Å². The van der Waals surface area contributed by atoms with Gasteiger partial charge in [0.25, 0.3) is 5.91 Å². The van der Waals surface area contributed by atoms with E-state index < -0.39 is 0 Å². The maximum atomic E-state index is 13.9. The van der Waals surface area contributed by atoms with Gasteiger partial charge in [0.15, 0.2) is 0 Å². The number of amides is 1. The summed E-state index contributed by atoms with van der Waals surface area (Å²) < 4.78 is 11.8. The van der Waals surface area contributed by atoms with Crippen molar-refractivity contribution in [2.75, 3.05) is 6.54 Å². The van der Waals surface area contributed by atoms with Gasteiger partial charge in [0.1, 0.15) is 17.0 Å². The Morgan fingerprint density at radius 3 is 2.68 bits per heavy atom. The highest BCUT2D eigenvalue weighted by Gasteiger charge is 2.33. The topological polar surface area (TPSA) is 85.3 Å². The molecule has 1 amide bonds. The summed E-state index contributed by atoms with van der Waals surface area (Å²) in [6.07, 6.45) is 7.61. The van der Waals surface area contributed by atoms with Gasteiger partial charge in [-0.1, -0.05) is 37.3 Å². The minimum atomic E-state index is -0.0424. The number of thiazole rings is 1. The predicted octanol–water partition coefficient (Wildman–Crippen LogP) is 7.09. The van der Waals surface area contributed by atoms with Crippen LogP contribution in [0.25, 0.3) is 22.9 Å². The van der Waals surface area contributed by atoms with Crippen LogP contribution in [-0.4, -0.2) is 32.3 Å². The van der Waals surface area contributed by atoms with Crippen molar-refractivity contribution in [1.82, 2.24) is 19.9 Å². The molecule has 1 aliphatic heterocycles. The van der Waals surface area contributed by atoms with Gasteiger partial charge in [0.2, 0.25) is 11.8 Å². The van der Waals surface area contributed by atoms with E-state index in [0.717, 1.165) is 35.7 Å². The molecule has 8 heteroatoms. The van der Waals surface area contributed by atoms with Crippen molar-refractivity contribution in [1.29, 1.82) is 0 Å². The summed E-state index contributed by atoms with van der Waals surface area (Å²) in [5.74, 6) is 1.83. The fraction of sp³-hybridized carbons (Fsp3) is 0.267. The average Bonchev–Trinajstić information content (AvgIpc) is 3.75. The maximum absolute atomic E-state index is 13.9. The van der Waals surface area contributed by atoms with Crippen molar-refractivity contribution in [2.45, 2.75) is 45.1 Å². The molecule has 192 valence electrons. The van der Waals surface area contributed by atoms with Crippen LogP contribution in [0.3, 0.4) is 0 Å². The van der Waals surface area contributed by atoms with Crippen LogP contribution >= 0.6 is 11.3 Å². The van der Waals surface area contributed by atoms with Gasteiger partial charge < -0.3 is 13.7 Å². The van der Waals surface area contributed by atoms with Gasteiger partial charge in [-0.25, -0.2) is 15.0 Å². The Morgan fingerprint density at radius 2 is 1.95 bits per heavy atom. The Morgan fingerprint density at radius 1 is 1.13 bits per heavy atom. The second-order valence-corrected chi connectivity index (χ2v) is 10.7. The molecule has 6 rings (SSSR count). The van der Waals surface area contributed by atoms with E-state index >= 15 is 0 Å². The third-order valence-corrected chi connectivity index (χ3v) is 8.00. The zero-order valence-electron chi connectivity index (χ0n) is 21.3. The third-order valence-electron chi connectivity index (χ3n) is 6.94. The monoisotopic (exact) mass is 524 g/mol. The number of rotatable bonds is 7. The van der Waals surface area contributed by atoms with Gasteiger partial charge in [-0.05, 0) is 49.9 Å². The van der Waals surface area contributed by atoms with Gasteiger partial charge in [-0.3, -0.25) is 4.79 Å². The molecule has 1 saturated heterocycles. The highest BCUT2D eigenvalue weighted by molar-refractivity contribution is 7.09. The number of nitrogens with zero attached hydrogens (tertiary/aromatic N) is 4. The van der Waals surface area contributed by atoms with E-state index in [-0.39, 0.29) is 17.9 Å². The van der Waals surface area contributed by atoms with Crippen LogP contribution in [-0.2, 0) is 6.42 Å². The molecule has 0 N–H and O–H groups in total. The lowest BCUT2D eigenvalue weighted by Crippen LogP contribution is -2.30. The fourth-order valence-corrected chi connectivity index (χ4v) is 5.98. The molecule has 4 heterocycles. The lowest BCUT2D eigenvalue weighted by molar-refractivity contribution is 0.0735. The summed E-state index contributed by atoms with van der Waals surface area (Å²) in [7, 11) is 0. The first-order valence-corrected chi connectivity index (χ1v) is 13.7. The zero-order valence-corrected chi connectivity index (χ0v) is 22.1. The number of carbonyl (C=O) groups excluding carboxylic acids is 1. The van der Waals surface area contributed by atoms with Gasteiger partial charge in [-0.2, -0.15) is 0 Å². The summed E-state index contributed by atoms with van der Waals surface area (Å²) >= 11 is 1.62. The van der Waals surface area contributed by atoms with Crippen LogP contribution in [0.2, 0.25) is 0 Å². The minimum Gasteiger partial charge on any atom is -0.445 e. The molecule has 0 bridgehead atoms. The maximum Gasteiger partial charge on any atom is 0.254 e. The molecular formula is C30H28N4O3S. The second-order valence-electron chi connectivity index (χ2n) is 9.78. The number of benzene rings is 2. The number of aryl methyl sites for hydroxylation is 1. The summed E-state index contributed by atoms with van der Waals surface area (Å²) in [6.45, 7) is 4.81. The molecule has 3 aromatic heterocycles. The SMILES string of the molecule is Cc1csc([C@H]2CCCN2C(=O)c2cc(-c3ncco3)cc(-c3ncc([C@@H](C)Cc4ccccc4)o3)c2)n1. The Balaban J connectivity index is 1.33. The van der Waals surface area contributed by atoms with Crippen LogP contribution in [0.4, 0.5) is 0 Å². The molecule has 1 aliphatic rings. The van der Waals surface area contributed by atoms with Crippen LogP contribution in [0.1, 0.15) is 64.1 Å². The van der Waals surface area contributed by atoms with Crippen molar-refractivity contribution < 1.29 is 13.6 Å². The second kappa shape index (κ2) is 10.4. The smallest absolute Gasteiger partial charge is 0.254 e. The molecule has 2 atom stereocenters. The van der Waals surface area contributed by atoms with Crippen molar-refractivity contribution in [3.8, 4) is 22.9 Å². The molecule has 0 spiro atoms. The standard InChI is InChI=1S/C30H28N4O3S/c1-19(13-21-7-4-3-5-8-21)26-17-32-28(37-26)23-14-22(27-31-10-12-36-27)15-24(16-23)30(35)34-11-6-9-25(34)29-33-20(2)18-38-29/h3-5,7-8,10,12,14-19,25H,6,9,11,13H2,1-2H3/t19-,25+/m0/s1. The van der Waals surface area contributed by atoms with E-state index in [1.54, 1.807) is 23.7 Å². The summed E-state index contributed by atoms with van der Waals surface area (Å²) in [5, 5.41) is 3.03. The van der Waals surface area contributed by atoms with Gasteiger partial charge in [-0.15, -0.1) is 11.3 Å².